The third kappa shape index (κ3) is 4.23. The number of amides is 2. The molecule has 1 aromatic heterocycles. The van der Waals surface area contributed by atoms with Crippen LogP contribution in [0.5, 0.6) is 0 Å². The van der Waals surface area contributed by atoms with Gasteiger partial charge in [0.25, 0.3) is 0 Å². The minimum Gasteiger partial charge on any atom is -0.349 e. The van der Waals surface area contributed by atoms with Crippen molar-refractivity contribution in [3.8, 4) is 5.69 Å². The van der Waals surface area contributed by atoms with Gasteiger partial charge in [0.05, 0.1) is 17.9 Å². The van der Waals surface area contributed by atoms with Crippen LogP contribution >= 0.6 is 0 Å². The van der Waals surface area contributed by atoms with Crippen molar-refractivity contribution in [1.29, 1.82) is 0 Å². The SMILES string of the molecule is Cc1ccc(-n2ncc3c2CCCC3NC(=O)CCC2=NNC(=O)CC2)cc1C. The van der Waals surface area contributed by atoms with Crippen LogP contribution < -0.4 is 10.7 Å². The van der Waals surface area contributed by atoms with E-state index in [-0.39, 0.29) is 17.9 Å². The molecule has 2 heterocycles. The molecule has 1 aliphatic carbocycles. The van der Waals surface area contributed by atoms with Gasteiger partial charge in [-0.15, -0.1) is 0 Å². The minimum absolute atomic E-state index is 0.000423. The molecule has 2 aromatic rings. The van der Waals surface area contributed by atoms with Crippen molar-refractivity contribution in [3.05, 3.63) is 46.8 Å². The van der Waals surface area contributed by atoms with E-state index >= 15 is 0 Å². The Morgan fingerprint density at radius 2 is 2.10 bits per heavy atom. The molecule has 1 unspecified atom stereocenters. The molecule has 29 heavy (non-hydrogen) atoms. The first kappa shape index (κ1) is 19.4. The molecule has 0 fully saturated rings. The van der Waals surface area contributed by atoms with Crippen molar-refractivity contribution >= 4 is 17.5 Å². The van der Waals surface area contributed by atoms with Gasteiger partial charge in [-0.2, -0.15) is 10.2 Å². The van der Waals surface area contributed by atoms with Crippen LogP contribution in [-0.2, 0) is 16.0 Å². The molecule has 1 atom stereocenters. The molecular weight excluding hydrogens is 366 g/mol. The van der Waals surface area contributed by atoms with Crippen molar-refractivity contribution in [2.24, 2.45) is 5.10 Å². The summed E-state index contributed by atoms with van der Waals surface area (Å²) < 4.78 is 2.01. The Labute approximate surface area is 170 Å². The van der Waals surface area contributed by atoms with Crippen molar-refractivity contribution in [3.63, 3.8) is 0 Å². The van der Waals surface area contributed by atoms with E-state index in [1.54, 1.807) is 0 Å². The number of carbonyl (C=O) groups is 2. The van der Waals surface area contributed by atoms with Crippen molar-refractivity contribution in [2.45, 2.75) is 64.8 Å². The van der Waals surface area contributed by atoms with Gasteiger partial charge in [0.15, 0.2) is 0 Å². The fourth-order valence-corrected chi connectivity index (χ4v) is 4.00. The minimum atomic E-state index is -0.0614. The van der Waals surface area contributed by atoms with Gasteiger partial charge in [0, 0.05) is 29.8 Å². The Balaban J connectivity index is 1.43. The molecule has 2 amide bonds. The van der Waals surface area contributed by atoms with Gasteiger partial charge in [-0.1, -0.05) is 6.07 Å². The first-order valence-electron chi connectivity index (χ1n) is 10.3. The maximum absolute atomic E-state index is 12.5. The molecule has 2 aliphatic rings. The Kier molecular flexibility index (Phi) is 5.47. The van der Waals surface area contributed by atoms with Crippen molar-refractivity contribution < 1.29 is 9.59 Å². The lowest BCUT2D eigenvalue weighted by atomic mass is 9.92. The largest absolute Gasteiger partial charge is 0.349 e. The highest BCUT2D eigenvalue weighted by molar-refractivity contribution is 5.94. The van der Waals surface area contributed by atoms with Crippen LogP contribution in [0.2, 0.25) is 0 Å². The summed E-state index contributed by atoms with van der Waals surface area (Å²) in [5.41, 5.74) is 9.24. The van der Waals surface area contributed by atoms with E-state index in [1.165, 1.54) is 16.8 Å². The number of nitrogens with one attached hydrogen (secondary N) is 2. The summed E-state index contributed by atoms with van der Waals surface area (Å²) in [5, 5.41) is 11.8. The zero-order valence-corrected chi connectivity index (χ0v) is 17.0. The number of benzene rings is 1. The smallest absolute Gasteiger partial charge is 0.240 e. The van der Waals surface area contributed by atoms with E-state index in [0.717, 1.165) is 36.2 Å². The quantitative estimate of drug-likeness (QED) is 0.818. The second-order valence-corrected chi connectivity index (χ2v) is 7.95. The van der Waals surface area contributed by atoms with Gasteiger partial charge in [-0.3, -0.25) is 9.59 Å². The number of hydrogen-bond acceptors (Lipinski definition) is 4. The molecule has 152 valence electrons. The summed E-state index contributed by atoms with van der Waals surface area (Å²) in [6.45, 7) is 4.22. The molecule has 0 bridgehead atoms. The highest BCUT2D eigenvalue weighted by Gasteiger charge is 2.26. The average Bonchev–Trinajstić information content (AvgIpc) is 3.15. The first-order valence-corrected chi connectivity index (χ1v) is 10.3. The number of aromatic nitrogens is 2. The molecule has 0 saturated carbocycles. The maximum Gasteiger partial charge on any atom is 0.240 e. The summed E-state index contributed by atoms with van der Waals surface area (Å²) in [6, 6.07) is 6.38. The molecule has 2 N–H and O–H groups in total. The highest BCUT2D eigenvalue weighted by Crippen LogP contribution is 2.31. The standard InChI is InChI=1S/C22H27N5O2/c1-14-6-9-17(12-15(14)2)27-20-5-3-4-19(18(20)13-23-27)24-21(28)10-7-16-8-11-22(29)26-25-16/h6,9,12-13,19H,3-5,7-8,10-11H2,1-2H3,(H,24,28)(H,26,29). The summed E-state index contributed by atoms with van der Waals surface area (Å²) in [5.74, 6) is -0.0462. The Hall–Kier alpha value is -2.96. The summed E-state index contributed by atoms with van der Waals surface area (Å²) in [7, 11) is 0. The third-order valence-electron chi connectivity index (χ3n) is 5.87. The van der Waals surface area contributed by atoms with Crippen LogP contribution in [-0.4, -0.2) is 27.3 Å². The molecule has 0 radical (unpaired) electrons. The van der Waals surface area contributed by atoms with Crippen LogP contribution in [0.15, 0.2) is 29.5 Å². The van der Waals surface area contributed by atoms with Crippen LogP contribution in [0.1, 0.15) is 67.0 Å². The van der Waals surface area contributed by atoms with E-state index in [2.05, 4.69) is 53.0 Å². The van der Waals surface area contributed by atoms with E-state index in [9.17, 15) is 9.59 Å². The van der Waals surface area contributed by atoms with Crippen LogP contribution in [0.3, 0.4) is 0 Å². The number of hydrazone groups is 1. The fraction of sp³-hybridized carbons (Fsp3) is 0.455. The lowest BCUT2D eigenvalue weighted by molar-refractivity contribution is -0.122. The zero-order valence-electron chi connectivity index (χ0n) is 17.0. The lowest BCUT2D eigenvalue weighted by Crippen LogP contribution is -2.32. The third-order valence-corrected chi connectivity index (χ3v) is 5.87. The zero-order chi connectivity index (χ0) is 20.4. The number of carbonyl (C=O) groups excluding carboxylic acids is 2. The number of fused-ring (bicyclic) bond motifs is 1. The lowest BCUT2D eigenvalue weighted by Gasteiger charge is -2.24. The highest BCUT2D eigenvalue weighted by atomic mass is 16.2. The first-order chi connectivity index (χ1) is 14.0. The second-order valence-electron chi connectivity index (χ2n) is 7.95. The maximum atomic E-state index is 12.5. The predicted molar refractivity (Wildman–Crippen MR) is 111 cm³/mol. The molecule has 1 aromatic carbocycles. The van der Waals surface area contributed by atoms with E-state index in [1.807, 2.05) is 10.9 Å². The number of aryl methyl sites for hydroxylation is 2. The van der Waals surface area contributed by atoms with Crippen LogP contribution in [0, 0.1) is 13.8 Å². The van der Waals surface area contributed by atoms with Gasteiger partial charge in [-0.05, 0) is 69.2 Å². The summed E-state index contributed by atoms with van der Waals surface area (Å²) >= 11 is 0. The van der Waals surface area contributed by atoms with Gasteiger partial charge in [0.2, 0.25) is 11.8 Å². The Bertz CT molecular complexity index is 976. The molecule has 0 spiro atoms. The van der Waals surface area contributed by atoms with Crippen LogP contribution in [0.25, 0.3) is 5.69 Å². The summed E-state index contributed by atoms with van der Waals surface area (Å²) in [4.78, 5) is 23.7. The second kappa shape index (κ2) is 8.19. The average molecular weight is 393 g/mol. The van der Waals surface area contributed by atoms with Gasteiger partial charge in [0.1, 0.15) is 0 Å². The van der Waals surface area contributed by atoms with Gasteiger partial charge in [-0.25, -0.2) is 10.1 Å². The van der Waals surface area contributed by atoms with Crippen molar-refractivity contribution in [1.82, 2.24) is 20.5 Å². The Morgan fingerprint density at radius 3 is 2.86 bits per heavy atom. The van der Waals surface area contributed by atoms with Crippen LogP contribution in [0.4, 0.5) is 0 Å². The molecule has 1 aliphatic heterocycles. The van der Waals surface area contributed by atoms with Crippen molar-refractivity contribution in [2.75, 3.05) is 0 Å². The van der Waals surface area contributed by atoms with E-state index in [0.29, 0.717) is 25.7 Å². The van der Waals surface area contributed by atoms with E-state index < -0.39 is 0 Å². The van der Waals surface area contributed by atoms with Gasteiger partial charge >= 0.3 is 0 Å². The summed E-state index contributed by atoms with van der Waals surface area (Å²) in [6.07, 6.45) is 6.85. The predicted octanol–water partition coefficient (Wildman–Crippen LogP) is 3.03. The number of rotatable bonds is 5. The number of hydrogen-bond donors (Lipinski definition) is 2. The Morgan fingerprint density at radius 1 is 1.24 bits per heavy atom. The molecular formula is C22H27N5O2. The monoisotopic (exact) mass is 393 g/mol. The number of nitrogens with zero attached hydrogens (tertiary/aromatic N) is 3. The molecule has 4 rings (SSSR count). The molecule has 0 saturated heterocycles. The fourth-order valence-electron chi connectivity index (χ4n) is 4.00. The van der Waals surface area contributed by atoms with Gasteiger partial charge < -0.3 is 5.32 Å². The molecule has 7 heteroatoms. The molecule has 7 nitrogen and oxygen atoms in total. The topological polar surface area (TPSA) is 88.4 Å². The normalized spacial score (nSPS) is 18.6. The van der Waals surface area contributed by atoms with E-state index in [4.69, 9.17) is 0 Å².